The first-order valence-corrected chi connectivity index (χ1v) is 6.68. The van der Waals surface area contributed by atoms with E-state index >= 15 is 0 Å². The molecule has 1 fully saturated rings. The van der Waals surface area contributed by atoms with Gasteiger partial charge in [0.05, 0.1) is 13.2 Å². The third kappa shape index (κ3) is 3.44. The topological polar surface area (TPSA) is 38.5 Å². The van der Waals surface area contributed by atoms with Crippen molar-refractivity contribution in [3.8, 4) is 0 Å². The van der Waals surface area contributed by atoms with Gasteiger partial charge in [0.2, 0.25) is 0 Å². The van der Waals surface area contributed by atoms with Crippen LogP contribution in [-0.2, 0) is 4.74 Å². The van der Waals surface area contributed by atoms with Gasteiger partial charge in [-0.3, -0.25) is 4.90 Å². The second kappa shape index (κ2) is 6.58. The highest BCUT2D eigenvalue weighted by Gasteiger charge is 2.34. The Morgan fingerprint density at radius 2 is 2.19 bits per heavy atom. The Labute approximate surface area is 100 Å². The molecule has 0 radical (unpaired) electrons. The summed E-state index contributed by atoms with van der Waals surface area (Å²) in [5, 5.41) is 0. The molecular formula is C13H28N2O. The molecule has 1 aliphatic heterocycles. The molecule has 0 spiro atoms. The number of ether oxygens (including phenoxy) is 1. The van der Waals surface area contributed by atoms with E-state index in [1.54, 1.807) is 0 Å². The van der Waals surface area contributed by atoms with E-state index in [9.17, 15) is 0 Å². The zero-order valence-corrected chi connectivity index (χ0v) is 11.2. The maximum Gasteiger partial charge on any atom is 0.0620 e. The quantitative estimate of drug-likeness (QED) is 0.707. The molecule has 0 aromatic heterocycles. The van der Waals surface area contributed by atoms with Crippen LogP contribution in [0.1, 0.15) is 46.5 Å². The summed E-state index contributed by atoms with van der Waals surface area (Å²) >= 11 is 0. The van der Waals surface area contributed by atoms with Gasteiger partial charge >= 0.3 is 0 Å². The molecule has 1 saturated heterocycles. The predicted octanol–water partition coefficient (Wildman–Crippen LogP) is 2.00. The summed E-state index contributed by atoms with van der Waals surface area (Å²) in [4.78, 5) is 2.55. The van der Waals surface area contributed by atoms with Gasteiger partial charge in [0, 0.05) is 24.7 Å². The molecule has 2 N–H and O–H groups in total. The molecule has 0 aromatic rings. The van der Waals surface area contributed by atoms with Crippen molar-refractivity contribution in [1.82, 2.24) is 4.90 Å². The van der Waals surface area contributed by atoms with Crippen LogP contribution in [0.25, 0.3) is 0 Å². The van der Waals surface area contributed by atoms with Crippen LogP contribution in [0.5, 0.6) is 0 Å². The Balaban J connectivity index is 2.54. The molecule has 2 unspecified atom stereocenters. The molecule has 0 bridgehead atoms. The van der Waals surface area contributed by atoms with E-state index < -0.39 is 0 Å². The number of morpholine rings is 1. The number of nitrogens with zero attached hydrogens (tertiary/aromatic N) is 1. The third-order valence-electron chi connectivity index (χ3n) is 3.82. The Kier molecular flexibility index (Phi) is 5.73. The second-order valence-corrected chi connectivity index (χ2v) is 5.28. The van der Waals surface area contributed by atoms with Crippen LogP contribution >= 0.6 is 0 Å². The van der Waals surface area contributed by atoms with Gasteiger partial charge in [-0.25, -0.2) is 0 Å². The minimum Gasteiger partial charge on any atom is -0.379 e. The highest BCUT2D eigenvalue weighted by molar-refractivity contribution is 4.91. The van der Waals surface area contributed by atoms with E-state index in [1.807, 2.05) is 0 Å². The summed E-state index contributed by atoms with van der Waals surface area (Å²) < 4.78 is 5.49. The maximum absolute atomic E-state index is 6.00. The molecule has 0 aromatic carbocycles. The van der Waals surface area contributed by atoms with Gasteiger partial charge in [-0.1, -0.05) is 26.2 Å². The van der Waals surface area contributed by atoms with E-state index in [1.165, 1.54) is 25.7 Å². The Morgan fingerprint density at radius 3 is 2.75 bits per heavy atom. The van der Waals surface area contributed by atoms with Gasteiger partial charge in [-0.2, -0.15) is 0 Å². The van der Waals surface area contributed by atoms with Crippen molar-refractivity contribution in [3.05, 3.63) is 0 Å². The first kappa shape index (κ1) is 13.9. The second-order valence-electron chi connectivity index (χ2n) is 5.28. The van der Waals surface area contributed by atoms with Gasteiger partial charge in [0.1, 0.15) is 0 Å². The summed E-state index contributed by atoms with van der Waals surface area (Å²) in [5.41, 5.74) is 6.16. The van der Waals surface area contributed by atoms with Crippen molar-refractivity contribution in [2.24, 2.45) is 5.73 Å². The molecule has 3 heteroatoms. The highest BCUT2D eigenvalue weighted by atomic mass is 16.5. The molecule has 16 heavy (non-hydrogen) atoms. The van der Waals surface area contributed by atoms with Crippen LogP contribution < -0.4 is 5.73 Å². The molecule has 0 saturated carbocycles. The van der Waals surface area contributed by atoms with Gasteiger partial charge in [0.25, 0.3) is 0 Å². The molecule has 1 heterocycles. The predicted molar refractivity (Wildman–Crippen MR) is 68.6 cm³/mol. The SMILES string of the molecule is CCCCCC(C)(CN)N1CCOCC1C. The molecule has 3 nitrogen and oxygen atoms in total. The number of hydrogen-bond acceptors (Lipinski definition) is 3. The van der Waals surface area contributed by atoms with Gasteiger partial charge in [0.15, 0.2) is 0 Å². The van der Waals surface area contributed by atoms with Gasteiger partial charge in [-0.05, 0) is 20.3 Å². The van der Waals surface area contributed by atoms with Crippen molar-refractivity contribution < 1.29 is 4.74 Å². The average molecular weight is 228 g/mol. The first-order valence-electron chi connectivity index (χ1n) is 6.68. The lowest BCUT2D eigenvalue weighted by Gasteiger charge is -2.46. The van der Waals surface area contributed by atoms with E-state index in [0.29, 0.717) is 6.04 Å². The molecule has 96 valence electrons. The van der Waals surface area contributed by atoms with Crippen LogP contribution in [0.3, 0.4) is 0 Å². The normalized spacial score (nSPS) is 26.6. The average Bonchev–Trinajstić information content (AvgIpc) is 2.30. The molecular weight excluding hydrogens is 200 g/mol. The van der Waals surface area contributed by atoms with Crippen molar-refractivity contribution in [2.45, 2.75) is 58.0 Å². The number of rotatable bonds is 6. The van der Waals surface area contributed by atoms with Crippen LogP contribution in [0.4, 0.5) is 0 Å². The summed E-state index contributed by atoms with van der Waals surface area (Å²) in [7, 11) is 0. The van der Waals surface area contributed by atoms with Crippen molar-refractivity contribution in [2.75, 3.05) is 26.3 Å². The lowest BCUT2D eigenvalue weighted by atomic mass is 9.90. The van der Waals surface area contributed by atoms with Crippen LogP contribution in [-0.4, -0.2) is 42.8 Å². The smallest absolute Gasteiger partial charge is 0.0620 e. The minimum atomic E-state index is 0.165. The first-order chi connectivity index (χ1) is 7.64. The fourth-order valence-electron chi connectivity index (χ4n) is 2.65. The number of nitrogens with two attached hydrogens (primary N) is 1. The van der Waals surface area contributed by atoms with Crippen LogP contribution in [0.15, 0.2) is 0 Å². The third-order valence-corrected chi connectivity index (χ3v) is 3.82. The number of unbranched alkanes of at least 4 members (excludes halogenated alkanes) is 2. The lowest BCUT2D eigenvalue weighted by Crippen LogP contribution is -2.59. The van der Waals surface area contributed by atoms with E-state index in [-0.39, 0.29) is 5.54 Å². The van der Waals surface area contributed by atoms with Gasteiger partial charge in [-0.15, -0.1) is 0 Å². The Bertz CT molecular complexity index is 198. The Morgan fingerprint density at radius 1 is 1.44 bits per heavy atom. The summed E-state index contributed by atoms with van der Waals surface area (Å²) in [6.45, 7) is 10.3. The molecule has 1 aliphatic rings. The zero-order valence-electron chi connectivity index (χ0n) is 11.2. The molecule has 0 aliphatic carbocycles. The standard InChI is InChI=1S/C13H28N2O/c1-4-5-6-7-13(3,11-14)15-8-9-16-10-12(15)2/h12H,4-11,14H2,1-3H3. The summed E-state index contributed by atoms with van der Waals surface area (Å²) in [6.07, 6.45) is 5.09. The largest absolute Gasteiger partial charge is 0.379 e. The zero-order chi connectivity index (χ0) is 12.0. The Hall–Kier alpha value is -0.120. The van der Waals surface area contributed by atoms with E-state index in [2.05, 4.69) is 25.7 Å². The minimum absolute atomic E-state index is 0.165. The molecule has 1 rings (SSSR count). The fraction of sp³-hybridized carbons (Fsp3) is 1.00. The number of hydrogen-bond donors (Lipinski definition) is 1. The highest BCUT2D eigenvalue weighted by Crippen LogP contribution is 2.25. The monoisotopic (exact) mass is 228 g/mol. The fourth-order valence-corrected chi connectivity index (χ4v) is 2.65. The molecule has 2 atom stereocenters. The van der Waals surface area contributed by atoms with Crippen molar-refractivity contribution in [3.63, 3.8) is 0 Å². The van der Waals surface area contributed by atoms with Gasteiger partial charge < -0.3 is 10.5 Å². The molecule has 0 amide bonds. The van der Waals surface area contributed by atoms with Crippen molar-refractivity contribution >= 4 is 0 Å². The lowest BCUT2D eigenvalue weighted by molar-refractivity contribution is -0.0539. The van der Waals surface area contributed by atoms with Crippen molar-refractivity contribution in [1.29, 1.82) is 0 Å². The summed E-state index contributed by atoms with van der Waals surface area (Å²) in [6, 6.07) is 0.504. The van der Waals surface area contributed by atoms with Crippen LogP contribution in [0.2, 0.25) is 0 Å². The summed E-state index contributed by atoms with van der Waals surface area (Å²) in [5.74, 6) is 0. The van der Waals surface area contributed by atoms with E-state index in [0.717, 1.165) is 26.3 Å². The maximum atomic E-state index is 6.00. The van der Waals surface area contributed by atoms with E-state index in [4.69, 9.17) is 10.5 Å². The van der Waals surface area contributed by atoms with Crippen LogP contribution in [0, 0.1) is 0 Å².